The van der Waals surface area contributed by atoms with E-state index in [4.69, 9.17) is 4.74 Å². The maximum Gasteiger partial charge on any atom is 0.123 e. The Morgan fingerprint density at radius 3 is 2.65 bits per heavy atom. The first-order chi connectivity index (χ1) is 7.97. The highest BCUT2D eigenvalue weighted by molar-refractivity contribution is 5.41. The Bertz CT molecular complexity index is 386. The molecule has 0 spiro atoms. The Balaban J connectivity index is 2.25. The van der Waals surface area contributed by atoms with Gasteiger partial charge in [0.05, 0.1) is 0 Å². The zero-order valence-corrected chi connectivity index (χ0v) is 11.3. The predicted molar refractivity (Wildman–Crippen MR) is 71.8 cm³/mol. The fourth-order valence-corrected chi connectivity index (χ4v) is 2.24. The molecule has 2 nitrogen and oxygen atoms in total. The third-order valence-corrected chi connectivity index (χ3v) is 3.25. The summed E-state index contributed by atoms with van der Waals surface area (Å²) in [5.74, 6) is 1.05. The quantitative estimate of drug-likeness (QED) is 0.847. The first kappa shape index (κ1) is 12.4. The average molecular weight is 233 g/mol. The van der Waals surface area contributed by atoms with E-state index in [2.05, 4.69) is 51.2 Å². The molecule has 0 saturated carbocycles. The molecule has 1 heterocycles. The van der Waals surface area contributed by atoms with Crippen molar-refractivity contribution in [2.24, 2.45) is 0 Å². The van der Waals surface area contributed by atoms with E-state index in [0.29, 0.717) is 6.10 Å². The van der Waals surface area contributed by atoms with Crippen molar-refractivity contribution in [3.05, 3.63) is 29.3 Å². The van der Waals surface area contributed by atoms with Crippen LogP contribution in [0.25, 0.3) is 0 Å². The lowest BCUT2D eigenvalue weighted by Crippen LogP contribution is -2.22. The smallest absolute Gasteiger partial charge is 0.123 e. The van der Waals surface area contributed by atoms with Crippen LogP contribution in [0.15, 0.2) is 18.2 Å². The number of nitrogens with one attached hydrogen (secondary N) is 1. The van der Waals surface area contributed by atoms with Gasteiger partial charge in [0.15, 0.2) is 0 Å². The minimum absolute atomic E-state index is 0.132. The Labute approximate surface area is 104 Å². The fraction of sp³-hybridized carbons (Fsp3) is 0.600. The average Bonchev–Trinajstić information content (AvgIpc) is 2.72. The van der Waals surface area contributed by atoms with Crippen LogP contribution in [0.1, 0.15) is 38.3 Å². The Kier molecular flexibility index (Phi) is 3.43. The van der Waals surface area contributed by atoms with E-state index in [1.807, 2.05) is 0 Å². The lowest BCUT2D eigenvalue weighted by atomic mass is 9.85. The van der Waals surface area contributed by atoms with Gasteiger partial charge in [-0.3, -0.25) is 0 Å². The van der Waals surface area contributed by atoms with Crippen molar-refractivity contribution in [2.45, 2.75) is 45.6 Å². The normalized spacial score (nSPS) is 20.6. The second-order valence-corrected chi connectivity index (χ2v) is 5.98. The summed E-state index contributed by atoms with van der Waals surface area (Å²) in [7, 11) is 0. The molecule has 0 radical (unpaired) electrons. The van der Waals surface area contributed by atoms with Gasteiger partial charge in [0.1, 0.15) is 11.9 Å². The molecular formula is C15H23NO. The summed E-state index contributed by atoms with van der Waals surface area (Å²) in [5, 5.41) is 3.34. The van der Waals surface area contributed by atoms with E-state index in [-0.39, 0.29) is 5.41 Å². The first-order valence-corrected chi connectivity index (χ1v) is 6.45. The van der Waals surface area contributed by atoms with Crippen LogP contribution in [0.2, 0.25) is 0 Å². The maximum atomic E-state index is 6.13. The Morgan fingerprint density at radius 2 is 2.06 bits per heavy atom. The van der Waals surface area contributed by atoms with Crippen molar-refractivity contribution in [3.8, 4) is 5.75 Å². The molecule has 2 rings (SSSR count). The van der Waals surface area contributed by atoms with Gasteiger partial charge in [0.25, 0.3) is 0 Å². The molecule has 0 aliphatic carbocycles. The molecule has 1 aliphatic rings. The molecule has 1 atom stereocenters. The second-order valence-electron chi connectivity index (χ2n) is 5.98. The van der Waals surface area contributed by atoms with Gasteiger partial charge < -0.3 is 10.1 Å². The predicted octanol–water partition coefficient (Wildman–Crippen LogP) is 3.03. The van der Waals surface area contributed by atoms with Gasteiger partial charge in [0, 0.05) is 6.54 Å². The molecule has 1 fully saturated rings. The van der Waals surface area contributed by atoms with Gasteiger partial charge in [0.2, 0.25) is 0 Å². The molecule has 1 N–H and O–H groups in total. The standard InChI is InChI=1S/C15H23NO/c1-11-5-6-14(13(9-11)15(2,3)4)17-12-7-8-16-10-12/h5-6,9,12,16H,7-8,10H2,1-4H3/t12-/m0/s1. The molecule has 1 aliphatic heterocycles. The van der Waals surface area contributed by atoms with E-state index in [9.17, 15) is 0 Å². The van der Waals surface area contributed by atoms with Crippen molar-refractivity contribution in [3.63, 3.8) is 0 Å². The summed E-state index contributed by atoms with van der Waals surface area (Å²) in [5.41, 5.74) is 2.74. The van der Waals surface area contributed by atoms with E-state index >= 15 is 0 Å². The van der Waals surface area contributed by atoms with Crippen LogP contribution < -0.4 is 10.1 Å². The minimum atomic E-state index is 0.132. The van der Waals surface area contributed by atoms with Gasteiger partial charge in [-0.2, -0.15) is 0 Å². The molecule has 94 valence electrons. The van der Waals surface area contributed by atoms with E-state index < -0.39 is 0 Å². The van der Waals surface area contributed by atoms with Crippen molar-refractivity contribution in [1.82, 2.24) is 5.32 Å². The number of rotatable bonds is 2. The summed E-state index contributed by atoms with van der Waals surface area (Å²) in [6, 6.07) is 6.50. The number of hydrogen-bond acceptors (Lipinski definition) is 2. The highest BCUT2D eigenvalue weighted by Crippen LogP contribution is 2.33. The number of aryl methyl sites for hydroxylation is 1. The van der Waals surface area contributed by atoms with E-state index in [1.165, 1.54) is 11.1 Å². The van der Waals surface area contributed by atoms with Gasteiger partial charge in [-0.05, 0) is 36.9 Å². The van der Waals surface area contributed by atoms with Crippen LogP contribution in [0.5, 0.6) is 5.75 Å². The highest BCUT2D eigenvalue weighted by Gasteiger charge is 2.22. The molecule has 0 bridgehead atoms. The molecule has 2 heteroatoms. The summed E-state index contributed by atoms with van der Waals surface area (Å²) < 4.78 is 6.13. The largest absolute Gasteiger partial charge is 0.489 e. The number of ether oxygens (including phenoxy) is 1. The Hall–Kier alpha value is -1.02. The monoisotopic (exact) mass is 233 g/mol. The zero-order valence-electron chi connectivity index (χ0n) is 11.3. The lowest BCUT2D eigenvalue weighted by Gasteiger charge is -2.25. The molecule has 0 unspecified atom stereocenters. The third-order valence-electron chi connectivity index (χ3n) is 3.25. The highest BCUT2D eigenvalue weighted by atomic mass is 16.5. The van der Waals surface area contributed by atoms with Crippen LogP contribution in [0, 0.1) is 6.92 Å². The van der Waals surface area contributed by atoms with Crippen molar-refractivity contribution >= 4 is 0 Å². The molecule has 1 aromatic rings. The second kappa shape index (κ2) is 4.69. The van der Waals surface area contributed by atoms with E-state index in [1.54, 1.807) is 0 Å². The first-order valence-electron chi connectivity index (χ1n) is 6.45. The maximum absolute atomic E-state index is 6.13. The lowest BCUT2D eigenvalue weighted by molar-refractivity contribution is 0.218. The van der Waals surface area contributed by atoms with Crippen LogP contribution in [0.4, 0.5) is 0 Å². The summed E-state index contributed by atoms with van der Waals surface area (Å²) >= 11 is 0. The van der Waals surface area contributed by atoms with Gasteiger partial charge in [-0.15, -0.1) is 0 Å². The van der Waals surface area contributed by atoms with Gasteiger partial charge in [-0.25, -0.2) is 0 Å². The molecule has 1 aromatic carbocycles. The van der Waals surface area contributed by atoms with Crippen molar-refractivity contribution < 1.29 is 4.74 Å². The zero-order chi connectivity index (χ0) is 12.5. The molecule has 0 aromatic heterocycles. The topological polar surface area (TPSA) is 21.3 Å². The SMILES string of the molecule is Cc1ccc(O[C@H]2CCNC2)c(C(C)(C)C)c1. The van der Waals surface area contributed by atoms with E-state index in [0.717, 1.165) is 25.3 Å². The molecule has 17 heavy (non-hydrogen) atoms. The molecule has 1 saturated heterocycles. The molecule has 0 amide bonds. The summed E-state index contributed by atoms with van der Waals surface area (Å²) in [6.07, 6.45) is 1.44. The molecular weight excluding hydrogens is 210 g/mol. The Morgan fingerprint density at radius 1 is 1.29 bits per heavy atom. The van der Waals surface area contributed by atoms with Crippen LogP contribution >= 0.6 is 0 Å². The number of benzene rings is 1. The van der Waals surface area contributed by atoms with Crippen molar-refractivity contribution in [2.75, 3.05) is 13.1 Å². The fourth-order valence-electron chi connectivity index (χ4n) is 2.24. The van der Waals surface area contributed by atoms with Gasteiger partial charge >= 0.3 is 0 Å². The van der Waals surface area contributed by atoms with Crippen molar-refractivity contribution in [1.29, 1.82) is 0 Å². The number of hydrogen-bond donors (Lipinski definition) is 1. The van der Waals surface area contributed by atoms with Crippen LogP contribution in [-0.2, 0) is 5.41 Å². The summed E-state index contributed by atoms with van der Waals surface area (Å²) in [6.45, 7) is 10.9. The van der Waals surface area contributed by atoms with Crippen LogP contribution in [0.3, 0.4) is 0 Å². The minimum Gasteiger partial charge on any atom is -0.489 e. The van der Waals surface area contributed by atoms with Crippen LogP contribution in [-0.4, -0.2) is 19.2 Å². The third kappa shape index (κ3) is 3.01. The van der Waals surface area contributed by atoms with Gasteiger partial charge in [-0.1, -0.05) is 38.5 Å². The summed E-state index contributed by atoms with van der Waals surface area (Å²) in [4.78, 5) is 0.